The summed E-state index contributed by atoms with van der Waals surface area (Å²) < 4.78 is 28.7. The molecule has 1 N–H and O–H groups in total. The third-order valence-corrected chi connectivity index (χ3v) is 4.51. The van der Waals surface area contributed by atoms with Crippen LogP contribution < -0.4 is 10.1 Å². The van der Waals surface area contributed by atoms with E-state index in [0.717, 1.165) is 16.8 Å². The number of benzene rings is 2. The SMILES string of the molecule is Cc1ccccc1NC(=O)Cc1nc(-c2ccc(OC(F)F)cc2)cs1. The van der Waals surface area contributed by atoms with Crippen molar-refractivity contribution in [3.8, 4) is 17.0 Å². The van der Waals surface area contributed by atoms with Crippen molar-refractivity contribution in [2.45, 2.75) is 20.0 Å². The van der Waals surface area contributed by atoms with Crippen molar-refractivity contribution >= 4 is 22.9 Å². The highest BCUT2D eigenvalue weighted by molar-refractivity contribution is 7.10. The second-order valence-electron chi connectivity index (χ2n) is 5.57. The van der Waals surface area contributed by atoms with Crippen LogP contribution in [0.2, 0.25) is 0 Å². The topological polar surface area (TPSA) is 51.2 Å². The van der Waals surface area contributed by atoms with Gasteiger partial charge in [-0.25, -0.2) is 4.98 Å². The Hall–Kier alpha value is -2.80. The minimum absolute atomic E-state index is 0.0943. The molecule has 0 aliphatic heterocycles. The predicted molar refractivity (Wildman–Crippen MR) is 97.7 cm³/mol. The van der Waals surface area contributed by atoms with Gasteiger partial charge in [-0.05, 0) is 42.8 Å². The number of carbonyl (C=O) groups excluding carboxylic acids is 1. The lowest BCUT2D eigenvalue weighted by atomic mass is 10.2. The molecule has 7 heteroatoms. The van der Waals surface area contributed by atoms with E-state index in [1.807, 2.05) is 36.6 Å². The van der Waals surface area contributed by atoms with Gasteiger partial charge in [-0.15, -0.1) is 11.3 Å². The molecule has 0 aliphatic carbocycles. The second-order valence-corrected chi connectivity index (χ2v) is 6.51. The van der Waals surface area contributed by atoms with Crippen LogP contribution in [0, 0.1) is 6.92 Å². The van der Waals surface area contributed by atoms with Crippen LogP contribution in [0.5, 0.6) is 5.75 Å². The number of hydrogen-bond donors (Lipinski definition) is 1. The Labute approximate surface area is 153 Å². The summed E-state index contributed by atoms with van der Waals surface area (Å²) in [6, 6.07) is 13.8. The largest absolute Gasteiger partial charge is 0.435 e. The molecular formula is C19H16F2N2O2S. The number of halogens is 2. The fourth-order valence-electron chi connectivity index (χ4n) is 2.38. The van der Waals surface area contributed by atoms with E-state index in [1.54, 1.807) is 12.1 Å². The third kappa shape index (κ3) is 4.64. The highest BCUT2D eigenvalue weighted by Gasteiger charge is 2.11. The number of amides is 1. The third-order valence-electron chi connectivity index (χ3n) is 3.66. The number of alkyl halides is 2. The van der Waals surface area contributed by atoms with Crippen LogP contribution in [-0.2, 0) is 11.2 Å². The molecule has 3 rings (SSSR count). The Morgan fingerprint density at radius 1 is 1.19 bits per heavy atom. The first kappa shape index (κ1) is 18.0. The van der Waals surface area contributed by atoms with E-state index in [0.29, 0.717) is 10.7 Å². The summed E-state index contributed by atoms with van der Waals surface area (Å²) in [5, 5.41) is 5.39. The number of nitrogens with one attached hydrogen (secondary N) is 1. The number of ether oxygens (including phenoxy) is 1. The minimum atomic E-state index is -2.85. The summed E-state index contributed by atoms with van der Waals surface area (Å²) in [6.45, 7) is -0.920. The fraction of sp³-hybridized carbons (Fsp3) is 0.158. The summed E-state index contributed by atoms with van der Waals surface area (Å²) in [4.78, 5) is 16.6. The molecule has 0 saturated carbocycles. The average molecular weight is 374 g/mol. The van der Waals surface area contributed by atoms with Gasteiger partial charge in [0, 0.05) is 16.6 Å². The van der Waals surface area contributed by atoms with E-state index in [9.17, 15) is 13.6 Å². The number of aryl methyl sites for hydroxylation is 1. The molecule has 0 aliphatic rings. The standard InChI is InChI=1S/C19H16F2N2O2S/c1-12-4-2-3-5-15(12)22-17(24)10-18-23-16(11-26-18)13-6-8-14(9-7-13)25-19(20)21/h2-9,11,19H,10H2,1H3,(H,22,24). The highest BCUT2D eigenvalue weighted by atomic mass is 32.1. The zero-order valence-corrected chi connectivity index (χ0v) is 14.7. The van der Waals surface area contributed by atoms with E-state index in [1.165, 1.54) is 23.5 Å². The lowest BCUT2D eigenvalue weighted by Crippen LogP contribution is -2.14. The molecule has 1 amide bonds. The van der Waals surface area contributed by atoms with Crippen LogP contribution in [0.1, 0.15) is 10.6 Å². The van der Waals surface area contributed by atoms with Crippen LogP contribution >= 0.6 is 11.3 Å². The summed E-state index contributed by atoms with van der Waals surface area (Å²) >= 11 is 1.38. The average Bonchev–Trinajstić information content (AvgIpc) is 3.05. The molecular weight excluding hydrogens is 358 g/mol. The number of carbonyl (C=O) groups is 1. The zero-order chi connectivity index (χ0) is 18.5. The van der Waals surface area contributed by atoms with Gasteiger partial charge >= 0.3 is 6.61 Å². The number of para-hydroxylation sites is 1. The van der Waals surface area contributed by atoms with Crippen LogP contribution in [-0.4, -0.2) is 17.5 Å². The van der Waals surface area contributed by atoms with E-state index in [2.05, 4.69) is 15.0 Å². The van der Waals surface area contributed by atoms with Gasteiger partial charge in [0.2, 0.25) is 5.91 Å². The lowest BCUT2D eigenvalue weighted by Gasteiger charge is -2.06. The molecule has 0 saturated heterocycles. The molecule has 0 bridgehead atoms. The Morgan fingerprint density at radius 2 is 1.92 bits per heavy atom. The summed E-state index contributed by atoms with van der Waals surface area (Å²) in [5.41, 5.74) is 3.24. The van der Waals surface area contributed by atoms with Gasteiger partial charge in [0.15, 0.2) is 0 Å². The maximum Gasteiger partial charge on any atom is 0.387 e. The van der Waals surface area contributed by atoms with Crippen molar-refractivity contribution in [1.82, 2.24) is 4.98 Å². The molecule has 0 unspecified atom stereocenters. The normalized spacial score (nSPS) is 10.8. The van der Waals surface area contributed by atoms with Gasteiger partial charge in [0.05, 0.1) is 12.1 Å². The van der Waals surface area contributed by atoms with Crippen molar-refractivity contribution in [3.05, 3.63) is 64.5 Å². The molecule has 2 aromatic carbocycles. The van der Waals surface area contributed by atoms with E-state index >= 15 is 0 Å². The van der Waals surface area contributed by atoms with Crippen LogP contribution in [0.3, 0.4) is 0 Å². The molecule has 4 nitrogen and oxygen atoms in total. The van der Waals surface area contributed by atoms with Gasteiger partial charge < -0.3 is 10.1 Å². The van der Waals surface area contributed by atoms with Gasteiger partial charge in [0.1, 0.15) is 10.8 Å². The number of aromatic nitrogens is 1. The summed E-state index contributed by atoms with van der Waals surface area (Å²) in [6.07, 6.45) is 0.172. The molecule has 0 spiro atoms. The monoisotopic (exact) mass is 374 g/mol. The minimum Gasteiger partial charge on any atom is -0.435 e. The highest BCUT2D eigenvalue weighted by Crippen LogP contribution is 2.25. The molecule has 0 radical (unpaired) electrons. The van der Waals surface area contributed by atoms with E-state index in [-0.39, 0.29) is 18.1 Å². The quantitative estimate of drug-likeness (QED) is 0.668. The first-order valence-corrected chi connectivity index (χ1v) is 8.74. The van der Waals surface area contributed by atoms with Crippen molar-refractivity contribution < 1.29 is 18.3 Å². The van der Waals surface area contributed by atoms with Gasteiger partial charge in [0.25, 0.3) is 0 Å². The summed E-state index contributed by atoms with van der Waals surface area (Å²) in [5.74, 6) is -0.0438. The molecule has 134 valence electrons. The van der Waals surface area contributed by atoms with Crippen LogP contribution in [0.15, 0.2) is 53.9 Å². The predicted octanol–water partition coefficient (Wildman–Crippen LogP) is 4.90. The second kappa shape index (κ2) is 8.05. The Bertz CT molecular complexity index is 895. The molecule has 0 atom stereocenters. The lowest BCUT2D eigenvalue weighted by molar-refractivity contribution is -0.115. The molecule has 3 aromatic rings. The van der Waals surface area contributed by atoms with Crippen molar-refractivity contribution in [1.29, 1.82) is 0 Å². The Morgan fingerprint density at radius 3 is 2.62 bits per heavy atom. The van der Waals surface area contributed by atoms with Crippen molar-refractivity contribution in [2.75, 3.05) is 5.32 Å². The molecule has 26 heavy (non-hydrogen) atoms. The Balaban J connectivity index is 1.64. The number of anilines is 1. The molecule has 1 heterocycles. The van der Waals surface area contributed by atoms with Gasteiger partial charge in [-0.2, -0.15) is 8.78 Å². The number of rotatable bonds is 6. The maximum atomic E-state index is 12.2. The van der Waals surface area contributed by atoms with Crippen molar-refractivity contribution in [2.24, 2.45) is 0 Å². The number of thiazole rings is 1. The number of nitrogens with zero attached hydrogens (tertiary/aromatic N) is 1. The van der Waals surface area contributed by atoms with Crippen LogP contribution in [0.25, 0.3) is 11.3 Å². The Kier molecular flexibility index (Phi) is 5.58. The number of hydrogen-bond acceptors (Lipinski definition) is 4. The molecule has 1 aromatic heterocycles. The van der Waals surface area contributed by atoms with Crippen molar-refractivity contribution in [3.63, 3.8) is 0 Å². The first-order chi connectivity index (χ1) is 12.5. The smallest absolute Gasteiger partial charge is 0.387 e. The van der Waals surface area contributed by atoms with Gasteiger partial charge in [-0.1, -0.05) is 18.2 Å². The summed E-state index contributed by atoms with van der Waals surface area (Å²) in [7, 11) is 0. The van der Waals surface area contributed by atoms with E-state index < -0.39 is 6.61 Å². The van der Waals surface area contributed by atoms with E-state index in [4.69, 9.17) is 0 Å². The van der Waals surface area contributed by atoms with Gasteiger partial charge in [-0.3, -0.25) is 4.79 Å². The van der Waals surface area contributed by atoms with Crippen LogP contribution in [0.4, 0.5) is 14.5 Å². The first-order valence-electron chi connectivity index (χ1n) is 7.86. The zero-order valence-electron chi connectivity index (χ0n) is 13.9. The molecule has 0 fully saturated rings. The maximum absolute atomic E-state index is 12.2. The fourth-order valence-corrected chi connectivity index (χ4v) is 3.18.